The highest BCUT2D eigenvalue weighted by Gasteiger charge is 1.96. The lowest BCUT2D eigenvalue weighted by atomic mass is 10.2. The van der Waals surface area contributed by atoms with Gasteiger partial charge in [0, 0.05) is 13.1 Å². The second-order valence-corrected chi connectivity index (χ2v) is 5.18. The van der Waals surface area contributed by atoms with E-state index in [4.69, 9.17) is 4.74 Å². The van der Waals surface area contributed by atoms with Crippen molar-refractivity contribution in [3.05, 3.63) is 29.8 Å². The van der Waals surface area contributed by atoms with Crippen molar-refractivity contribution in [2.24, 2.45) is 0 Å². The van der Waals surface area contributed by atoms with Crippen molar-refractivity contribution in [2.45, 2.75) is 32.7 Å². The first-order valence-electron chi connectivity index (χ1n) is 7.29. The highest BCUT2D eigenvalue weighted by molar-refractivity contribution is 5.27. The van der Waals surface area contributed by atoms with Crippen molar-refractivity contribution in [1.82, 2.24) is 10.2 Å². The van der Waals surface area contributed by atoms with E-state index in [-0.39, 0.29) is 0 Å². The maximum atomic E-state index is 5.71. The van der Waals surface area contributed by atoms with Crippen molar-refractivity contribution in [3.63, 3.8) is 0 Å². The molecule has 0 radical (unpaired) electrons. The van der Waals surface area contributed by atoms with Crippen molar-refractivity contribution in [2.75, 3.05) is 33.8 Å². The Morgan fingerprint density at radius 1 is 1.11 bits per heavy atom. The molecule has 0 spiro atoms. The van der Waals surface area contributed by atoms with Crippen molar-refractivity contribution in [3.8, 4) is 5.75 Å². The van der Waals surface area contributed by atoms with E-state index in [1.54, 1.807) is 0 Å². The molecule has 1 aromatic carbocycles. The molecule has 1 rings (SSSR count). The van der Waals surface area contributed by atoms with Crippen LogP contribution in [-0.2, 0) is 6.54 Å². The molecule has 0 amide bonds. The van der Waals surface area contributed by atoms with Crippen LogP contribution in [0, 0.1) is 0 Å². The molecule has 0 saturated heterocycles. The van der Waals surface area contributed by atoms with Gasteiger partial charge in [-0.2, -0.15) is 0 Å². The third kappa shape index (κ3) is 7.85. The lowest BCUT2D eigenvalue weighted by molar-refractivity contribution is 0.281. The summed E-state index contributed by atoms with van der Waals surface area (Å²) in [5.41, 5.74) is 1.32. The first kappa shape index (κ1) is 16.0. The Bertz CT molecular complexity index is 322. The molecule has 0 fully saturated rings. The summed E-state index contributed by atoms with van der Waals surface area (Å²) >= 11 is 0. The van der Waals surface area contributed by atoms with E-state index in [9.17, 15) is 0 Å². The van der Waals surface area contributed by atoms with Gasteiger partial charge in [0.15, 0.2) is 0 Å². The number of hydrogen-bond acceptors (Lipinski definition) is 3. The number of nitrogens with one attached hydrogen (secondary N) is 1. The largest absolute Gasteiger partial charge is 0.494 e. The zero-order valence-corrected chi connectivity index (χ0v) is 12.6. The molecule has 1 aromatic rings. The van der Waals surface area contributed by atoms with E-state index >= 15 is 0 Å². The summed E-state index contributed by atoms with van der Waals surface area (Å²) < 4.78 is 5.71. The normalized spacial score (nSPS) is 10.9. The molecule has 19 heavy (non-hydrogen) atoms. The van der Waals surface area contributed by atoms with Crippen molar-refractivity contribution in [1.29, 1.82) is 0 Å². The lowest BCUT2D eigenvalue weighted by Crippen LogP contribution is -2.15. The quantitative estimate of drug-likeness (QED) is 0.658. The minimum Gasteiger partial charge on any atom is -0.494 e. The van der Waals surface area contributed by atoms with Gasteiger partial charge in [0.25, 0.3) is 0 Å². The van der Waals surface area contributed by atoms with Crippen LogP contribution >= 0.6 is 0 Å². The first-order valence-corrected chi connectivity index (χ1v) is 7.29. The number of ether oxygens (including phenoxy) is 1. The Balaban J connectivity index is 2.19. The molecular weight excluding hydrogens is 236 g/mol. The smallest absolute Gasteiger partial charge is 0.119 e. The second-order valence-electron chi connectivity index (χ2n) is 5.18. The van der Waals surface area contributed by atoms with Crippen LogP contribution in [0.2, 0.25) is 0 Å². The van der Waals surface area contributed by atoms with Crippen LogP contribution in [0.15, 0.2) is 24.3 Å². The summed E-state index contributed by atoms with van der Waals surface area (Å²) in [6.45, 7) is 6.11. The lowest BCUT2D eigenvalue weighted by Gasteiger charge is -2.11. The summed E-state index contributed by atoms with van der Waals surface area (Å²) in [6, 6.07) is 8.40. The molecule has 0 aromatic heterocycles. The molecule has 0 aliphatic carbocycles. The summed E-state index contributed by atoms with van der Waals surface area (Å²) in [4.78, 5) is 2.18. The summed E-state index contributed by atoms with van der Waals surface area (Å²) in [5.74, 6) is 0.969. The molecule has 108 valence electrons. The van der Waals surface area contributed by atoms with Crippen LogP contribution in [0.4, 0.5) is 0 Å². The van der Waals surface area contributed by atoms with Crippen LogP contribution < -0.4 is 10.1 Å². The molecule has 0 heterocycles. The maximum Gasteiger partial charge on any atom is 0.119 e. The molecule has 0 aliphatic rings. The van der Waals surface area contributed by atoms with Crippen LogP contribution in [0.3, 0.4) is 0 Å². The predicted octanol–water partition coefficient (Wildman–Crippen LogP) is 2.91. The van der Waals surface area contributed by atoms with Crippen molar-refractivity contribution < 1.29 is 4.74 Å². The molecule has 0 unspecified atom stereocenters. The van der Waals surface area contributed by atoms with Gasteiger partial charge in [-0.25, -0.2) is 0 Å². The van der Waals surface area contributed by atoms with E-state index in [1.807, 2.05) is 0 Å². The van der Waals surface area contributed by atoms with Gasteiger partial charge in [-0.15, -0.1) is 0 Å². The molecule has 3 nitrogen and oxygen atoms in total. The van der Waals surface area contributed by atoms with Gasteiger partial charge in [0.2, 0.25) is 0 Å². The van der Waals surface area contributed by atoms with Crippen molar-refractivity contribution >= 4 is 0 Å². The van der Waals surface area contributed by atoms with E-state index in [0.717, 1.165) is 38.4 Å². The van der Waals surface area contributed by atoms with Gasteiger partial charge >= 0.3 is 0 Å². The fourth-order valence-electron chi connectivity index (χ4n) is 1.81. The van der Waals surface area contributed by atoms with E-state index in [1.165, 1.54) is 18.4 Å². The Hall–Kier alpha value is -1.06. The Kier molecular flexibility index (Phi) is 8.26. The van der Waals surface area contributed by atoms with Crippen LogP contribution in [0.25, 0.3) is 0 Å². The van der Waals surface area contributed by atoms with Gasteiger partial charge in [-0.3, -0.25) is 0 Å². The first-order chi connectivity index (χ1) is 9.22. The van der Waals surface area contributed by atoms with Crippen LogP contribution in [-0.4, -0.2) is 38.7 Å². The average molecular weight is 264 g/mol. The maximum absolute atomic E-state index is 5.71. The molecule has 0 saturated carbocycles. The number of nitrogens with zero attached hydrogens (tertiary/aromatic N) is 1. The minimum atomic E-state index is 0.784. The zero-order chi connectivity index (χ0) is 13.9. The topological polar surface area (TPSA) is 24.5 Å². The average Bonchev–Trinajstić information content (AvgIpc) is 2.41. The van der Waals surface area contributed by atoms with Gasteiger partial charge in [0.1, 0.15) is 5.75 Å². The third-order valence-electron chi connectivity index (χ3n) is 2.98. The summed E-state index contributed by atoms with van der Waals surface area (Å²) in [7, 11) is 4.17. The number of rotatable bonds is 10. The fraction of sp³-hybridized carbons (Fsp3) is 0.625. The Labute approximate surface area is 118 Å². The highest BCUT2D eigenvalue weighted by Crippen LogP contribution is 2.12. The standard InChI is InChI=1S/C16H28N2O/c1-4-5-11-17-14-15-7-9-16(10-8-15)19-13-6-12-18(2)3/h7-10,17H,4-6,11-14H2,1-3H3. The minimum absolute atomic E-state index is 0.784. The Morgan fingerprint density at radius 2 is 1.84 bits per heavy atom. The molecular formula is C16H28N2O. The van der Waals surface area contributed by atoms with Gasteiger partial charge in [0.05, 0.1) is 6.61 Å². The number of benzene rings is 1. The van der Waals surface area contributed by atoms with E-state index in [0.29, 0.717) is 0 Å². The van der Waals surface area contributed by atoms with Gasteiger partial charge < -0.3 is 15.0 Å². The summed E-state index contributed by atoms with van der Waals surface area (Å²) in [6.07, 6.45) is 3.55. The van der Waals surface area contributed by atoms with E-state index < -0.39 is 0 Å². The SMILES string of the molecule is CCCCNCc1ccc(OCCCN(C)C)cc1. The van der Waals surface area contributed by atoms with Crippen LogP contribution in [0.1, 0.15) is 31.7 Å². The molecule has 0 atom stereocenters. The summed E-state index contributed by atoms with van der Waals surface area (Å²) in [5, 5.41) is 3.44. The molecule has 3 heteroatoms. The highest BCUT2D eigenvalue weighted by atomic mass is 16.5. The molecule has 0 aliphatic heterocycles. The number of unbranched alkanes of at least 4 members (excludes halogenated alkanes) is 1. The fourth-order valence-corrected chi connectivity index (χ4v) is 1.81. The molecule has 0 bridgehead atoms. The third-order valence-corrected chi connectivity index (χ3v) is 2.98. The number of hydrogen-bond donors (Lipinski definition) is 1. The second kappa shape index (κ2) is 9.82. The monoisotopic (exact) mass is 264 g/mol. The Morgan fingerprint density at radius 3 is 2.47 bits per heavy atom. The van der Waals surface area contributed by atoms with Crippen LogP contribution in [0.5, 0.6) is 5.75 Å². The molecule has 1 N–H and O–H groups in total. The zero-order valence-electron chi connectivity index (χ0n) is 12.6. The van der Waals surface area contributed by atoms with Gasteiger partial charge in [-0.05, 0) is 51.2 Å². The van der Waals surface area contributed by atoms with E-state index in [2.05, 4.69) is 55.5 Å². The predicted molar refractivity (Wildman–Crippen MR) is 81.7 cm³/mol. The van der Waals surface area contributed by atoms with Gasteiger partial charge in [-0.1, -0.05) is 25.5 Å².